The quantitative estimate of drug-likeness (QED) is 0.734. The van der Waals surface area contributed by atoms with Crippen LogP contribution in [-0.4, -0.2) is 6.61 Å². The molecule has 0 fully saturated rings. The Hall–Kier alpha value is -1.70. The first-order chi connectivity index (χ1) is 6.83. The minimum atomic E-state index is 0.637. The summed E-state index contributed by atoms with van der Waals surface area (Å²) in [6.07, 6.45) is 0. The van der Waals surface area contributed by atoms with Gasteiger partial charge >= 0.3 is 0 Å². The van der Waals surface area contributed by atoms with Crippen LogP contribution in [-0.2, 0) is 0 Å². The minimum absolute atomic E-state index is 0.637. The van der Waals surface area contributed by atoms with Gasteiger partial charge in [-0.05, 0) is 18.4 Å². The maximum Gasteiger partial charge on any atom is 0.149 e. The van der Waals surface area contributed by atoms with Crippen LogP contribution in [0.25, 0.3) is 10.8 Å². The lowest BCUT2D eigenvalue weighted by molar-refractivity contribution is 0.346. The molecule has 2 heteroatoms. The molecule has 0 saturated carbocycles. The minimum Gasteiger partial charge on any atom is -0.491 e. The highest BCUT2D eigenvalue weighted by atomic mass is 16.5. The van der Waals surface area contributed by atoms with E-state index < -0.39 is 0 Å². The van der Waals surface area contributed by atoms with Gasteiger partial charge in [-0.2, -0.15) is 0 Å². The van der Waals surface area contributed by atoms with Crippen LogP contribution in [0, 0.1) is 0 Å². The van der Waals surface area contributed by atoms with Crippen molar-refractivity contribution in [2.24, 2.45) is 0 Å². The van der Waals surface area contributed by atoms with Gasteiger partial charge in [-0.25, -0.2) is 0 Å². The van der Waals surface area contributed by atoms with Gasteiger partial charge in [0.05, 0.1) is 12.3 Å². The number of fused-ring (bicyclic) bond motifs is 1. The third kappa shape index (κ3) is 1.39. The number of hydrogen-bond acceptors (Lipinski definition) is 2. The molecule has 0 amide bonds. The Morgan fingerprint density at radius 1 is 1.14 bits per heavy atom. The zero-order valence-electron chi connectivity index (χ0n) is 8.16. The molecule has 0 bridgehead atoms. The third-order valence-electron chi connectivity index (χ3n) is 2.20. The van der Waals surface area contributed by atoms with Crippen LogP contribution in [0.5, 0.6) is 5.75 Å². The van der Waals surface area contributed by atoms with Crippen LogP contribution in [0.3, 0.4) is 0 Å². The first-order valence-electron chi connectivity index (χ1n) is 4.73. The van der Waals surface area contributed by atoms with Crippen molar-refractivity contribution in [3.63, 3.8) is 0 Å². The van der Waals surface area contributed by atoms with Crippen molar-refractivity contribution in [1.29, 1.82) is 0 Å². The Balaban J connectivity index is 2.69. The van der Waals surface area contributed by atoms with Gasteiger partial charge in [0.25, 0.3) is 0 Å². The van der Waals surface area contributed by atoms with Crippen LogP contribution in [0.15, 0.2) is 36.4 Å². The van der Waals surface area contributed by atoms with Gasteiger partial charge in [-0.3, -0.25) is 0 Å². The number of anilines is 1. The van der Waals surface area contributed by atoms with Crippen molar-refractivity contribution in [2.45, 2.75) is 6.92 Å². The zero-order valence-corrected chi connectivity index (χ0v) is 8.16. The van der Waals surface area contributed by atoms with Crippen LogP contribution >= 0.6 is 0 Å². The molecule has 2 aromatic carbocycles. The Morgan fingerprint density at radius 3 is 2.71 bits per heavy atom. The van der Waals surface area contributed by atoms with Crippen molar-refractivity contribution in [1.82, 2.24) is 0 Å². The summed E-state index contributed by atoms with van der Waals surface area (Å²) in [5.41, 5.74) is 6.55. The summed E-state index contributed by atoms with van der Waals surface area (Å²) in [4.78, 5) is 0. The topological polar surface area (TPSA) is 35.2 Å². The summed E-state index contributed by atoms with van der Waals surface area (Å²) < 4.78 is 5.52. The Morgan fingerprint density at radius 2 is 1.93 bits per heavy atom. The molecule has 0 aliphatic rings. The molecule has 0 radical (unpaired) electrons. The maximum absolute atomic E-state index is 5.85. The van der Waals surface area contributed by atoms with E-state index in [-0.39, 0.29) is 0 Å². The second kappa shape index (κ2) is 3.58. The third-order valence-corrected chi connectivity index (χ3v) is 2.20. The number of rotatable bonds is 2. The standard InChI is InChI=1S/C12H13NO/c1-2-14-12-10-6-4-3-5-9(10)7-8-11(12)13/h3-8H,2,13H2,1H3. The number of hydrogen-bond donors (Lipinski definition) is 1. The monoisotopic (exact) mass is 187 g/mol. The van der Waals surface area contributed by atoms with E-state index in [9.17, 15) is 0 Å². The predicted octanol–water partition coefficient (Wildman–Crippen LogP) is 2.82. The van der Waals surface area contributed by atoms with Gasteiger partial charge in [0.1, 0.15) is 5.75 Å². The van der Waals surface area contributed by atoms with E-state index in [4.69, 9.17) is 10.5 Å². The molecule has 2 rings (SSSR count). The Kier molecular flexibility index (Phi) is 2.27. The molecular formula is C12H13NO. The van der Waals surface area contributed by atoms with E-state index >= 15 is 0 Å². The number of nitrogen functional groups attached to an aromatic ring is 1. The lowest BCUT2D eigenvalue weighted by atomic mass is 10.1. The van der Waals surface area contributed by atoms with Gasteiger partial charge < -0.3 is 10.5 Å². The molecule has 2 N–H and O–H groups in total. The second-order valence-corrected chi connectivity index (χ2v) is 3.14. The maximum atomic E-state index is 5.85. The molecule has 0 unspecified atom stereocenters. The number of nitrogens with two attached hydrogens (primary N) is 1. The average Bonchev–Trinajstić information content (AvgIpc) is 2.23. The largest absolute Gasteiger partial charge is 0.491 e. The highest BCUT2D eigenvalue weighted by Crippen LogP contribution is 2.31. The first-order valence-corrected chi connectivity index (χ1v) is 4.73. The van der Waals surface area contributed by atoms with E-state index in [1.54, 1.807) is 0 Å². The summed E-state index contributed by atoms with van der Waals surface area (Å²) in [5.74, 6) is 0.797. The van der Waals surface area contributed by atoms with Crippen LogP contribution in [0.1, 0.15) is 6.92 Å². The fourth-order valence-corrected chi connectivity index (χ4v) is 1.57. The summed E-state index contributed by atoms with van der Waals surface area (Å²) in [6.45, 7) is 2.60. The summed E-state index contributed by atoms with van der Waals surface area (Å²) in [6, 6.07) is 12.0. The van der Waals surface area contributed by atoms with Gasteiger partial charge in [-0.15, -0.1) is 0 Å². The predicted molar refractivity (Wildman–Crippen MR) is 59.5 cm³/mol. The normalized spacial score (nSPS) is 10.4. The number of ether oxygens (including phenoxy) is 1. The van der Waals surface area contributed by atoms with Gasteiger partial charge in [0.2, 0.25) is 0 Å². The molecule has 72 valence electrons. The van der Waals surface area contributed by atoms with Gasteiger partial charge in [0, 0.05) is 5.39 Å². The molecule has 0 saturated heterocycles. The molecule has 14 heavy (non-hydrogen) atoms. The zero-order chi connectivity index (χ0) is 9.97. The van der Waals surface area contributed by atoms with E-state index in [1.807, 2.05) is 37.3 Å². The first kappa shape index (κ1) is 8.88. The lowest BCUT2D eigenvalue weighted by Gasteiger charge is -2.09. The highest BCUT2D eigenvalue weighted by molar-refractivity contribution is 5.92. The molecule has 2 nitrogen and oxygen atoms in total. The SMILES string of the molecule is CCOc1c(N)ccc2ccccc12. The fraction of sp³-hybridized carbons (Fsp3) is 0.167. The summed E-state index contributed by atoms with van der Waals surface area (Å²) >= 11 is 0. The van der Waals surface area contributed by atoms with Crippen LogP contribution < -0.4 is 10.5 Å². The van der Waals surface area contributed by atoms with Crippen LogP contribution in [0.4, 0.5) is 5.69 Å². The molecule has 0 aromatic heterocycles. The van der Waals surface area contributed by atoms with Crippen molar-refractivity contribution in [3.05, 3.63) is 36.4 Å². The molecule has 0 atom stereocenters. The van der Waals surface area contributed by atoms with E-state index in [1.165, 1.54) is 0 Å². The summed E-state index contributed by atoms with van der Waals surface area (Å²) in [7, 11) is 0. The van der Waals surface area contributed by atoms with Crippen molar-refractivity contribution in [2.75, 3.05) is 12.3 Å². The average molecular weight is 187 g/mol. The van der Waals surface area contributed by atoms with Crippen LogP contribution in [0.2, 0.25) is 0 Å². The molecule has 0 aliphatic carbocycles. The fourth-order valence-electron chi connectivity index (χ4n) is 1.57. The molecule has 0 heterocycles. The smallest absolute Gasteiger partial charge is 0.149 e. The Bertz CT molecular complexity index is 451. The van der Waals surface area contributed by atoms with Gasteiger partial charge in [0.15, 0.2) is 0 Å². The Labute approximate surface area is 83.3 Å². The van der Waals surface area contributed by atoms with Crippen molar-refractivity contribution >= 4 is 16.5 Å². The molecule has 0 aliphatic heterocycles. The molecule has 2 aromatic rings. The van der Waals surface area contributed by atoms with E-state index in [0.29, 0.717) is 12.3 Å². The van der Waals surface area contributed by atoms with Crippen molar-refractivity contribution < 1.29 is 4.74 Å². The van der Waals surface area contributed by atoms with Gasteiger partial charge in [-0.1, -0.05) is 30.3 Å². The van der Waals surface area contributed by atoms with Crippen molar-refractivity contribution in [3.8, 4) is 5.75 Å². The van der Waals surface area contributed by atoms with E-state index in [0.717, 1.165) is 16.5 Å². The molecule has 0 spiro atoms. The summed E-state index contributed by atoms with van der Waals surface area (Å²) in [5, 5.41) is 2.24. The highest BCUT2D eigenvalue weighted by Gasteiger charge is 2.04. The second-order valence-electron chi connectivity index (χ2n) is 3.14. The lowest BCUT2D eigenvalue weighted by Crippen LogP contribution is -1.97. The van der Waals surface area contributed by atoms with E-state index in [2.05, 4.69) is 6.07 Å². The molecular weight excluding hydrogens is 174 g/mol. The number of benzene rings is 2.